The summed E-state index contributed by atoms with van der Waals surface area (Å²) in [5, 5.41) is 9.56. The van der Waals surface area contributed by atoms with Crippen LogP contribution in [0.1, 0.15) is 16.1 Å². The van der Waals surface area contributed by atoms with Gasteiger partial charge in [0.2, 0.25) is 0 Å². The Kier molecular flexibility index (Phi) is 4.05. The van der Waals surface area contributed by atoms with Crippen LogP contribution in [0.3, 0.4) is 0 Å². The van der Waals surface area contributed by atoms with Crippen molar-refractivity contribution >= 4 is 23.1 Å². The first-order valence-electron chi connectivity index (χ1n) is 6.98. The molecular formula is C17H14FN3O2. The number of anilines is 3. The van der Waals surface area contributed by atoms with Crippen molar-refractivity contribution in [2.75, 3.05) is 10.6 Å². The number of amides is 1. The van der Waals surface area contributed by atoms with Crippen LogP contribution in [0, 0.1) is 12.7 Å². The highest BCUT2D eigenvalue weighted by Crippen LogP contribution is 2.19. The quantitative estimate of drug-likeness (QED) is 0.760. The van der Waals surface area contributed by atoms with Crippen molar-refractivity contribution in [2.24, 2.45) is 0 Å². The Morgan fingerprint density at radius 2 is 1.78 bits per heavy atom. The SMILES string of the molecule is Cc1cc(Nc2ccc(NC(=O)c3ccccc3F)cc2)no1. The molecule has 2 N–H and O–H groups in total. The summed E-state index contributed by atoms with van der Waals surface area (Å²) >= 11 is 0. The summed E-state index contributed by atoms with van der Waals surface area (Å²) in [6.07, 6.45) is 0. The molecule has 116 valence electrons. The van der Waals surface area contributed by atoms with Crippen LogP contribution in [0.5, 0.6) is 0 Å². The minimum absolute atomic E-state index is 0.00720. The third-order valence-corrected chi connectivity index (χ3v) is 3.16. The van der Waals surface area contributed by atoms with E-state index < -0.39 is 11.7 Å². The molecule has 1 heterocycles. The number of carbonyl (C=O) groups is 1. The van der Waals surface area contributed by atoms with Gasteiger partial charge in [-0.25, -0.2) is 4.39 Å². The van der Waals surface area contributed by atoms with Gasteiger partial charge in [0.25, 0.3) is 5.91 Å². The second-order valence-electron chi connectivity index (χ2n) is 4.96. The molecule has 0 unspecified atom stereocenters. The van der Waals surface area contributed by atoms with Gasteiger partial charge < -0.3 is 15.2 Å². The summed E-state index contributed by atoms with van der Waals surface area (Å²) in [6, 6.07) is 14.6. The van der Waals surface area contributed by atoms with Gasteiger partial charge in [-0.15, -0.1) is 0 Å². The molecule has 5 nitrogen and oxygen atoms in total. The third kappa shape index (κ3) is 3.55. The monoisotopic (exact) mass is 311 g/mol. The lowest BCUT2D eigenvalue weighted by atomic mass is 10.2. The van der Waals surface area contributed by atoms with E-state index in [4.69, 9.17) is 4.52 Å². The first-order chi connectivity index (χ1) is 11.1. The maximum atomic E-state index is 13.6. The summed E-state index contributed by atoms with van der Waals surface area (Å²) < 4.78 is 18.5. The zero-order chi connectivity index (χ0) is 16.2. The van der Waals surface area contributed by atoms with Crippen LogP contribution in [0.25, 0.3) is 0 Å². The molecule has 0 saturated carbocycles. The summed E-state index contributed by atoms with van der Waals surface area (Å²) in [5.41, 5.74) is 1.37. The number of carbonyl (C=O) groups excluding carboxylic acids is 1. The fourth-order valence-electron chi connectivity index (χ4n) is 2.05. The summed E-state index contributed by atoms with van der Waals surface area (Å²) in [5.74, 6) is 0.271. The molecule has 1 amide bonds. The van der Waals surface area contributed by atoms with Gasteiger partial charge in [-0.1, -0.05) is 17.3 Å². The van der Waals surface area contributed by atoms with E-state index in [0.717, 1.165) is 5.69 Å². The molecule has 23 heavy (non-hydrogen) atoms. The lowest BCUT2D eigenvalue weighted by Gasteiger charge is -2.07. The first-order valence-corrected chi connectivity index (χ1v) is 6.98. The molecule has 0 radical (unpaired) electrons. The van der Waals surface area contributed by atoms with Crippen molar-refractivity contribution in [3.05, 3.63) is 71.7 Å². The van der Waals surface area contributed by atoms with E-state index in [1.165, 1.54) is 18.2 Å². The molecule has 0 aliphatic carbocycles. The number of benzene rings is 2. The van der Waals surface area contributed by atoms with Crippen molar-refractivity contribution in [1.82, 2.24) is 5.16 Å². The third-order valence-electron chi connectivity index (χ3n) is 3.16. The minimum Gasteiger partial charge on any atom is -0.360 e. The maximum Gasteiger partial charge on any atom is 0.258 e. The van der Waals surface area contributed by atoms with Crippen molar-refractivity contribution in [3.8, 4) is 0 Å². The lowest BCUT2D eigenvalue weighted by molar-refractivity contribution is 0.102. The predicted octanol–water partition coefficient (Wildman–Crippen LogP) is 4.12. The average Bonchev–Trinajstić information content (AvgIpc) is 2.95. The summed E-state index contributed by atoms with van der Waals surface area (Å²) in [4.78, 5) is 12.0. The van der Waals surface area contributed by atoms with E-state index in [2.05, 4.69) is 15.8 Å². The lowest BCUT2D eigenvalue weighted by Crippen LogP contribution is -2.13. The number of aromatic nitrogens is 1. The number of aryl methyl sites for hydroxylation is 1. The van der Waals surface area contributed by atoms with Crippen LogP contribution in [-0.4, -0.2) is 11.1 Å². The molecule has 1 aromatic heterocycles. The number of nitrogens with zero attached hydrogens (tertiary/aromatic N) is 1. The molecular weight excluding hydrogens is 297 g/mol. The standard InChI is InChI=1S/C17H14FN3O2/c1-11-10-16(21-23-11)19-12-6-8-13(9-7-12)20-17(22)14-4-2-3-5-15(14)18/h2-10H,1H3,(H,19,21)(H,20,22). The minimum atomic E-state index is -0.551. The van der Waals surface area contributed by atoms with E-state index in [0.29, 0.717) is 17.3 Å². The number of halogens is 1. The van der Waals surface area contributed by atoms with Crippen LogP contribution < -0.4 is 10.6 Å². The molecule has 6 heteroatoms. The van der Waals surface area contributed by atoms with Gasteiger partial charge >= 0.3 is 0 Å². The predicted molar refractivity (Wildman–Crippen MR) is 85.3 cm³/mol. The zero-order valence-corrected chi connectivity index (χ0v) is 12.3. The maximum absolute atomic E-state index is 13.6. The fraction of sp³-hybridized carbons (Fsp3) is 0.0588. The van der Waals surface area contributed by atoms with Crippen molar-refractivity contribution < 1.29 is 13.7 Å². The van der Waals surface area contributed by atoms with Gasteiger partial charge in [0, 0.05) is 17.4 Å². The van der Waals surface area contributed by atoms with Crippen molar-refractivity contribution in [3.63, 3.8) is 0 Å². The molecule has 0 spiro atoms. The number of hydrogen-bond donors (Lipinski definition) is 2. The highest BCUT2D eigenvalue weighted by atomic mass is 19.1. The molecule has 3 aromatic rings. The number of rotatable bonds is 4. The van der Waals surface area contributed by atoms with E-state index in [1.807, 2.05) is 0 Å². The van der Waals surface area contributed by atoms with Gasteiger partial charge in [0.1, 0.15) is 11.6 Å². The van der Waals surface area contributed by atoms with E-state index in [9.17, 15) is 9.18 Å². The van der Waals surface area contributed by atoms with Gasteiger partial charge in [-0.2, -0.15) is 0 Å². The van der Waals surface area contributed by atoms with E-state index >= 15 is 0 Å². The summed E-state index contributed by atoms with van der Waals surface area (Å²) in [6.45, 7) is 1.81. The molecule has 0 saturated heterocycles. The molecule has 3 rings (SSSR count). The van der Waals surface area contributed by atoms with Gasteiger partial charge in [0.15, 0.2) is 5.82 Å². The Labute approximate surface area is 132 Å². The van der Waals surface area contributed by atoms with E-state index in [-0.39, 0.29) is 5.56 Å². The molecule has 0 aliphatic heterocycles. The Balaban J connectivity index is 1.68. The van der Waals surface area contributed by atoms with Crippen LogP contribution in [-0.2, 0) is 0 Å². The largest absolute Gasteiger partial charge is 0.360 e. The van der Waals surface area contributed by atoms with Crippen LogP contribution in [0.4, 0.5) is 21.6 Å². The fourth-order valence-corrected chi connectivity index (χ4v) is 2.05. The number of hydrogen-bond acceptors (Lipinski definition) is 4. The van der Waals surface area contributed by atoms with Crippen molar-refractivity contribution in [1.29, 1.82) is 0 Å². The normalized spacial score (nSPS) is 10.3. The Hall–Kier alpha value is -3.15. The second kappa shape index (κ2) is 6.31. The average molecular weight is 311 g/mol. The Bertz CT molecular complexity index is 828. The Morgan fingerprint density at radius 1 is 1.09 bits per heavy atom. The molecule has 0 fully saturated rings. The molecule has 0 aliphatic rings. The zero-order valence-electron chi connectivity index (χ0n) is 12.3. The topological polar surface area (TPSA) is 67.2 Å². The van der Waals surface area contributed by atoms with Crippen LogP contribution in [0.15, 0.2) is 59.1 Å². The van der Waals surface area contributed by atoms with Gasteiger partial charge in [0.05, 0.1) is 5.56 Å². The van der Waals surface area contributed by atoms with E-state index in [1.54, 1.807) is 43.3 Å². The highest BCUT2D eigenvalue weighted by molar-refractivity contribution is 6.04. The number of nitrogens with one attached hydrogen (secondary N) is 2. The molecule has 0 atom stereocenters. The van der Waals surface area contributed by atoms with Gasteiger partial charge in [-0.3, -0.25) is 4.79 Å². The second-order valence-corrected chi connectivity index (χ2v) is 4.96. The van der Waals surface area contributed by atoms with Crippen molar-refractivity contribution in [2.45, 2.75) is 6.92 Å². The van der Waals surface area contributed by atoms with Gasteiger partial charge in [-0.05, 0) is 43.3 Å². The summed E-state index contributed by atoms with van der Waals surface area (Å²) in [7, 11) is 0. The molecule has 2 aromatic carbocycles. The smallest absolute Gasteiger partial charge is 0.258 e. The highest BCUT2D eigenvalue weighted by Gasteiger charge is 2.10. The van der Waals surface area contributed by atoms with Crippen LogP contribution >= 0.6 is 0 Å². The first kappa shape index (κ1) is 14.8. The van der Waals surface area contributed by atoms with Crippen LogP contribution in [0.2, 0.25) is 0 Å². The molecule has 0 bridgehead atoms. The Morgan fingerprint density at radius 3 is 2.43 bits per heavy atom.